The van der Waals surface area contributed by atoms with E-state index in [4.69, 9.17) is 5.11 Å². The number of nitrogens with zero attached hydrogens (tertiary/aromatic N) is 5. The first-order valence-electron chi connectivity index (χ1n) is 5.07. The summed E-state index contributed by atoms with van der Waals surface area (Å²) in [5, 5.41) is 20.0. The summed E-state index contributed by atoms with van der Waals surface area (Å²) >= 11 is 1.47. The molecule has 8 heteroatoms. The van der Waals surface area contributed by atoms with Crippen LogP contribution in [0.5, 0.6) is 0 Å². The molecule has 0 saturated carbocycles. The van der Waals surface area contributed by atoms with Crippen molar-refractivity contribution in [3.8, 4) is 10.7 Å². The number of tetrazole rings is 1. The first-order valence-corrected chi connectivity index (χ1v) is 5.95. The van der Waals surface area contributed by atoms with Crippen LogP contribution >= 0.6 is 11.3 Å². The molecule has 1 N–H and O–H groups in total. The summed E-state index contributed by atoms with van der Waals surface area (Å²) in [7, 11) is 0. The van der Waals surface area contributed by atoms with Crippen molar-refractivity contribution >= 4 is 17.3 Å². The van der Waals surface area contributed by atoms with Crippen LogP contribution in [0, 0.1) is 6.92 Å². The molecule has 0 aliphatic rings. The van der Waals surface area contributed by atoms with Crippen LogP contribution in [0.3, 0.4) is 0 Å². The lowest BCUT2D eigenvalue weighted by molar-refractivity contribution is -0.137. The molecule has 0 amide bonds. The van der Waals surface area contributed by atoms with Crippen LogP contribution in [-0.4, -0.2) is 36.3 Å². The highest BCUT2D eigenvalue weighted by Gasteiger charge is 2.13. The first kappa shape index (κ1) is 11.6. The molecule has 0 saturated heterocycles. The lowest BCUT2D eigenvalue weighted by Gasteiger charge is -2.01. The van der Waals surface area contributed by atoms with E-state index >= 15 is 0 Å². The Bertz CT molecular complexity index is 521. The summed E-state index contributed by atoms with van der Waals surface area (Å²) in [6.07, 6.45) is 0.617. The molecule has 17 heavy (non-hydrogen) atoms. The maximum Gasteiger partial charge on any atom is 0.303 e. The van der Waals surface area contributed by atoms with E-state index in [-0.39, 0.29) is 6.42 Å². The average Bonchev–Trinajstić information content (AvgIpc) is 2.86. The Balaban J connectivity index is 2.12. The SMILES string of the molecule is Cc1ncsc1-c1nnnn1CCCC(=O)O. The van der Waals surface area contributed by atoms with Crippen molar-refractivity contribution in [2.45, 2.75) is 26.3 Å². The number of aromatic nitrogens is 5. The van der Waals surface area contributed by atoms with Crippen molar-refractivity contribution in [2.24, 2.45) is 0 Å². The predicted molar refractivity (Wildman–Crippen MR) is 60.5 cm³/mol. The molecular formula is C9H11N5O2S. The van der Waals surface area contributed by atoms with E-state index in [1.54, 1.807) is 10.2 Å². The number of thiazole rings is 1. The van der Waals surface area contributed by atoms with Gasteiger partial charge in [-0.25, -0.2) is 9.67 Å². The first-order chi connectivity index (χ1) is 8.18. The van der Waals surface area contributed by atoms with Crippen LogP contribution in [0.2, 0.25) is 0 Å². The van der Waals surface area contributed by atoms with Gasteiger partial charge in [-0.15, -0.1) is 16.4 Å². The van der Waals surface area contributed by atoms with Gasteiger partial charge in [0.15, 0.2) is 5.82 Å². The van der Waals surface area contributed by atoms with Gasteiger partial charge in [0.05, 0.1) is 16.1 Å². The maximum absolute atomic E-state index is 10.4. The van der Waals surface area contributed by atoms with Crippen molar-refractivity contribution in [2.75, 3.05) is 0 Å². The van der Waals surface area contributed by atoms with Gasteiger partial charge in [-0.2, -0.15) is 0 Å². The Labute approximate surface area is 101 Å². The van der Waals surface area contributed by atoms with Crippen LogP contribution in [0.1, 0.15) is 18.5 Å². The van der Waals surface area contributed by atoms with E-state index in [2.05, 4.69) is 20.5 Å². The Morgan fingerprint density at radius 3 is 3.06 bits per heavy atom. The quantitative estimate of drug-likeness (QED) is 0.853. The minimum absolute atomic E-state index is 0.112. The molecule has 7 nitrogen and oxygen atoms in total. The largest absolute Gasteiger partial charge is 0.481 e. The van der Waals surface area contributed by atoms with Gasteiger partial charge < -0.3 is 5.11 Å². The topological polar surface area (TPSA) is 93.8 Å². The molecule has 0 aliphatic carbocycles. The van der Waals surface area contributed by atoms with Gasteiger partial charge in [0, 0.05) is 13.0 Å². The van der Waals surface area contributed by atoms with E-state index in [9.17, 15) is 4.79 Å². The van der Waals surface area contributed by atoms with Crippen molar-refractivity contribution in [3.05, 3.63) is 11.2 Å². The number of rotatable bonds is 5. The lowest BCUT2D eigenvalue weighted by atomic mass is 10.3. The fourth-order valence-corrected chi connectivity index (χ4v) is 2.21. The molecule has 0 atom stereocenters. The molecule has 0 aromatic carbocycles. The second kappa shape index (κ2) is 5.00. The number of carboxylic acid groups (broad SMARTS) is 1. The van der Waals surface area contributed by atoms with Crippen LogP contribution in [0.4, 0.5) is 0 Å². The molecule has 0 aliphatic heterocycles. The molecule has 2 aromatic heterocycles. The number of aryl methyl sites for hydroxylation is 2. The minimum atomic E-state index is -0.811. The summed E-state index contributed by atoms with van der Waals surface area (Å²) in [5.74, 6) is -0.163. The zero-order chi connectivity index (χ0) is 12.3. The fraction of sp³-hybridized carbons (Fsp3) is 0.444. The number of carbonyl (C=O) groups is 1. The molecule has 2 heterocycles. The Kier molecular flexibility index (Phi) is 3.43. The van der Waals surface area contributed by atoms with Gasteiger partial charge in [0.1, 0.15) is 0 Å². The van der Waals surface area contributed by atoms with Gasteiger partial charge >= 0.3 is 5.97 Å². The lowest BCUT2D eigenvalue weighted by Crippen LogP contribution is -2.05. The molecule has 0 unspecified atom stereocenters. The standard InChI is InChI=1S/C9H11N5O2S/c1-6-8(17-5-10-6)9-11-12-13-14(9)4-2-3-7(15)16/h5H,2-4H2,1H3,(H,15,16). The second-order valence-corrected chi connectivity index (χ2v) is 4.34. The molecular weight excluding hydrogens is 242 g/mol. The highest BCUT2D eigenvalue weighted by atomic mass is 32.1. The monoisotopic (exact) mass is 253 g/mol. The number of carboxylic acids is 1. The van der Waals surface area contributed by atoms with E-state index in [1.807, 2.05) is 6.92 Å². The predicted octanol–water partition coefficient (Wildman–Crippen LogP) is 0.970. The molecule has 0 fully saturated rings. The molecule has 0 bridgehead atoms. The fourth-order valence-electron chi connectivity index (χ4n) is 1.41. The van der Waals surface area contributed by atoms with Crippen LogP contribution in [-0.2, 0) is 11.3 Å². The van der Waals surface area contributed by atoms with Crippen molar-refractivity contribution in [1.82, 2.24) is 25.2 Å². The molecule has 2 aromatic rings. The van der Waals surface area contributed by atoms with E-state index in [1.165, 1.54) is 11.3 Å². The highest BCUT2D eigenvalue weighted by Crippen LogP contribution is 2.24. The van der Waals surface area contributed by atoms with Crippen molar-refractivity contribution in [1.29, 1.82) is 0 Å². The molecule has 0 spiro atoms. The zero-order valence-electron chi connectivity index (χ0n) is 9.20. The molecule has 2 rings (SSSR count). The third kappa shape index (κ3) is 2.64. The maximum atomic E-state index is 10.4. The van der Waals surface area contributed by atoms with Crippen LogP contribution in [0.15, 0.2) is 5.51 Å². The Morgan fingerprint density at radius 1 is 1.59 bits per heavy atom. The van der Waals surface area contributed by atoms with Gasteiger partial charge in [-0.1, -0.05) is 0 Å². The third-order valence-corrected chi connectivity index (χ3v) is 3.17. The number of hydrogen-bond donors (Lipinski definition) is 1. The van der Waals surface area contributed by atoms with E-state index in [0.717, 1.165) is 10.6 Å². The van der Waals surface area contributed by atoms with Crippen LogP contribution < -0.4 is 0 Å². The zero-order valence-corrected chi connectivity index (χ0v) is 10.0. The smallest absolute Gasteiger partial charge is 0.303 e. The van der Waals surface area contributed by atoms with Crippen LogP contribution in [0.25, 0.3) is 10.7 Å². The van der Waals surface area contributed by atoms with Crippen molar-refractivity contribution < 1.29 is 9.90 Å². The normalized spacial score (nSPS) is 10.6. The average molecular weight is 253 g/mol. The number of aliphatic carboxylic acids is 1. The third-order valence-electron chi connectivity index (χ3n) is 2.24. The van der Waals surface area contributed by atoms with Gasteiger partial charge in [0.2, 0.25) is 0 Å². The summed E-state index contributed by atoms with van der Waals surface area (Å²) in [6.45, 7) is 2.38. The number of hydrogen-bond acceptors (Lipinski definition) is 6. The Hall–Kier alpha value is -1.83. The summed E-state index contributed by atoms with van der Waals surface area (Å²) in [6, 6.07) is 0. The summed E-state index contributed by atoms with van der Waals surface area (Å²) in [4.78, 5) is 15.5. The molecule has 90 valence electrons. The van der Waals surface area contributed by atoms with E-state index < -0.39 is 5.97 Å². The highest BCUT2D eigenvalue weighted by molar-refractivity contribution is 7.13. The summed E-state index contributed by atoms with van der Waals surface area (Å²) in [5.41, 5.74) is 2.62. The molecule has 0 radical (unpaired) electrons. The second-order valence-electron chi connectivity index (χ2n) is 3.49. The summed E-state index contributed by atoms with van der Waals surface area (Å²) < 4.78 is 1.61. The minimum Gasteiger partial charge on any atom is -0.481 e. The van der Waals surface area contributed by atoms with Gasteiger partial charge in [-0.3, -0.25) is 4.79 Å². The Morgan fingerprint density at radius 2 is 2.41 bits per heavy atom. The van der Waals surface area contributed by atoms with Crippen molar-refractivity contribution in [3.63, 3.8) is 0 Å². The van der Waals surface area contributed by atoms with E-state index in [0.29, 0.717) is 18.8 Å². The van der Waals surface area contributed by atoms with Gasteiger partial charge in [0.25, 0.3) is 0 Å². The van der Waals surface area contributed by atoms with Gasteiger partial charge in [-0.05, 0) is 23.8 Å².